The van der Waals surface area contributed by atoms with E-state index in [0.717, 1.165) is 6.42 Å². The van der Waals surface area contributed by atoms with E-state index < -0.39 is 17.7 Å². The van der Waals surface area contributed by atoms with E-state index >= 15 is 0 Å². The van der Waals surface area contributed by atoms with Crippen LogP contribution < -0.4 is 0 Å². The molecule has 0 aromatic carbocycles. The van der Waals surface area contributed by atoms with Gasteiger partial charge in [-0.25, -0.2) is 9.59 Å². The second-order valence-electron chi connectivity index (χ2n) is 6.37. The van der Waals surface area contributed by atoms with Crippen LogP contribution in [0.4, 0.5) is 4.79 Å². The third kappa shape index (κ3) is 4.37. The van der Waals surface area contributed by atoms with Crippen molar-refractivity contribution in [3.63, 3.8) is 0 Å². The van der Waals surface area contributed by atoms with E-state index in [1.165, 1.54) is 12.0 Å². The van der Waals surface area contributed by atoms with Crippen LogP contribution in [0.1, 0.15) is 33.6 Å². The Morgan fingerprint density at radius 3 is 2.25 bits per heavy atom. The molecule has 1 heterocycles. The summed E-state index contributed by atoms with van der Waals surface area (Å²) in [5, 5.41) is 0. The zero-order chi connectivity index (χ0) is 15.5. The zero-order valence-corrected chi connectivity index (χ0v) is 13.3. The molecule has 0 aromatic rings. The number of likely N-dealkylation sites (tertiary alicyclic amines) is 1. The van der Waals surface area contributed by atoms with Gasteiger partial charge in [0.25, 0.3) is 0 Å². The summed E-state index contributed by atoms with van der Waals surface area (Å²) in [6.45, 7) is 5.91. The molecule has 1 saturated heterocycles. The third-order valence-corrected chi connectivity index (χ3v) is 3.39. The van der Waals surface area contributed by atoms with Crippen LogP contribution in [0, 0.1) is 0 Å². The lowest BCUT2D eigenvalue weighted by Gasteiger charge is -2.40. The van der Waals surface area contributed by atoms with Gasteiger partial charge in [-0.15, -0.1) is 0 Å². The standard InChI is InChI=1S/C14H26N2O4/c1-14(2,3)20-13(18)16-9-10(15(4)5)7-8-11(16)12(17)19-6/h10-11H,7-9H2,1-6H3/t10-,11+/m1/s1. The van der Waals surface area contributed by atoms with Crippen LogP contribution in [0.5, 0.6) is 0 Å². The monoisotopic (exact) mass is 286 g/mol. The van der Waals surface area contributed by atoms with Crippen LogP contribution in [0.2, 0.25) is 0 Å². The minimum absolute atomic E-state index is 0.225. The van der Waals surface area contributed by atoms with Crippen LogP contribution in [0.25, 0.3) is 0 Å². The number of methoxy groups -OCH3 is 1. The summed E-state index contributed by atoms with van der Waals surface area (Å²) in [6, 6.07) is -0.325. The van der Waals surface area contributed by atoms with Crippen LogP contribution >= 0.6 is 0 Å². The first-order chi connectivity index (χ1) is 9.15. The van der Waals surface area contributed by atoms with Crippen molar-refractivity contribution in [1.29, 1.82) is 0 Å². The maximum absolute atomic E-state index is 12.3. The van der Waals surface area contributed by atoms with E-state index in [2.05, 4.69) is 4.90 Å². The Labute approximate surface area is 121 Å². The normalized spacial score (nSPS) is 23.6. The van der Waals surface area contributed by atoms with Gasteiger partial charge in [0.05, 0.1) is 7.11 Å². The number of piperidine rings is 1. The van der Waals surface area contributed by atoms with Crippen molar-refractivity contribution in [2.75, 3.05) is 27.7 Å². The predicted octanol–water partition coefficient (Wildman–Crippen LogP) is 1.49. The fourth-order valence-electron chi connectivity index (χ4n) is 2.28. The summed E-state index contributed by atoms with van der Waals surface area (Å²) in [7, 11) is 5.28. The first kappa shape index (κ1) is 16.8. The van der Waals surface area contributed by atoms with E-state index in [-0.39, 0.29) is 12.0 Å². The molecule has 2 atom stereocenters. The predicted molar refractivity (Wildman–Crippen MR) is 75.5 cm³/mol. The average Bonchev–Trinajstić information content (AvgIpc) is 2.35. The molecule has 20 heavy (non-hydrogen) atoms. The Bertz CT molecular complexity index is 363. The average molecular weight is 286 g/mol. The molecule has 0 bridgehead atoms. The topological polar surface area (TPSA) is 59.1 Å². The van der Waals surface area contributed by atoms with Gasteiger partial charge in [-0.1, -0.05) is 0 Å². The fourth-order valence-corrected chi connectivity index (χ4v) is 2.28. The molecule has 1 aliphatic heterocycles. The van der Waals surface area contributed by atoms with E-state index in [9.17, 15) is 9.59 Å². The lowest BCUT2D eigenvalue weighted by Crippen LogP contribution is -2.56. The Morgan fingerprint density at radius 1 is 1.20 bits per heavy atom. The molecular weight excluding hydrogens is 260 g/mol. The maximum Gasteiger partial charge on any atom is 0.411 e. The van der Waals surface area contributed by atoms with Crippen molar-refractivity contribution in [3.8, 4) is 0 Å². The molecule has 0 aliphatic carbocycles. The molecule has 6 heteroatoms. The number of carbonyl (C=O) groups excluding carboxylic acids is 2. The molecule has 0 saturated carbocycles. The summed E-state index contributed by atoms with van der Waals surface area (Å²) in [5.41, 5.74) is -0.581. The van der Waals surface area contributed by atoms with Crippen LogP contribution in [-0.2, 0) is 14.3 Å². The number of amides is 1. The summed E-state index contributed by atoms with van der Waals surface area (Å²) in [6.07, 6.45) is 0.986. The van der Waals surface area contributed by atoms with Crippen molar-refractivity contribution in [2.45, 2.75) is 51.3 Å². The smallest absolute Gasteiger partial charge is 0.411 e. The fraction of sp³-hybridized carbons (Fsp3) is 0.857. The molecule has 1 aliphatic rings. The van der Waals surface area contributed by atoms with Crippen molar-refractivity contribution in [3.05, 3.63) is 0 Å². The zero-order valence-electron chi connectivity index (χ0n) is 13.3. The highest BCUT2D eigenvalue weighted by atomic mass is 16.6. The Morgan fingerprint density at radius 2 is 1.80 bits per heavy atom. The lowest BCUT2D eigenvalue weighted by atomic mass is 9.98. The van der Waals surface area contributed by atoms with Gasteiger partial charge < -0.3 is 14.4 Å². The number of rotatable bonds is 2. The van der Waals surface area contributed by atoms with Crippen LogP contribution in [-0.4, -0.2) is 67.3 Å². The molecule has 1 fully saturated rings. The van der Waals surface area contributed by atoms with E-state index in [1.807, 2.05) is 34.9 Å². The summed E-state index contributed by atoms with van der Waals surface area (Å²) in [4.78, 5) is 27.7. The van der Waals surface area contributed by atoms with Crippen LogP contribution in [0.3, 0.4) is 0 Å². The van der Waals surface area contributed by atoms with Gasteiger partial charge in [-0.05, 0) is 47.7 Å². The molecule has 116 valence electrons. The number of likely N-dealkylation sites (N-methyl/N-ethyl adjacent to an activating group) is 1. The number of ether oxygens (including phenoxy) is 2. The number of esters is 1. The van der Waals surface area contributed by atoms with Crippen molar-refractivity contribution < 1.29 is 19.1 Å². The van der Waals surface area contributed by atoms with Gasteiger partial charge in [0.2, 0.25) is 0 Å². The van der Waals surface area contributed by atoms with E-state index in [4.69, 9.17) is 9.47 Å². The molecule has 0 spiro atoms. The van der Waals surface area contributed by atoms with Gasteiger partial charge >= 0.3 is 12.1 Å². The summed E-state index contributed by atoms with van der Waals surface area (Å²) >= 11 is 0. The number of carbonyl (C=O) groups is 2. The third-order valence-electron chi connectivity index (χ3n) is 3.39. The highest BCUT2D eigenvalue weighted by Crippen LogP contribution is 2.23. The minimum Gasteiger partial charge on any atom is -0.467 e. The van der Waals surface area contributed by atoms with Crippen molar-refractivity contribution in [1.82, 2.24) is 9.80 Å². The molecule has 1 rings (SSSR count). The van der Waals surface area contributed by atoms with E-state index in [0.29, 0.717) is 13.0 Å². The lowest BCUT2D eigenvalue weighted by molar-refractivity contribution is -0.148. The molecule has 1 amide bonds. The van der Waals surface area contributed by atoms with Crippen LogP contribution in [0.15, 0.2) is 0 Å². The molecule has 0 radical (unpaired) electrons. The largest absolute Gasteiger partial charge is 0.467 e. The Hall–Kier alpha value is -1.30. The molecule has 6 nitrogen and oxygen atoms in total. The first-order valence-corrected chi connectivity index (χ1v) is 6.89. The summed E-state index contributed by atoms with van der Waals surface area (Å²) < 4.78 is 10.2. The highest BCUT2D eigenvalue weighted by molar-refractivity contribution is 5.81. The minimum atomic E-state index is -0.581. The summed E-state index contributed by atoms with van der Waals surface area (Å²) in [5.74, 6) is -0.381. The second-order valence-corrected chi connectivity index (χ2v) is 6.37. The van der Waals surface area contributed by atoms with Gasteiger partial charge in [-0.3, -0.25) is 4.90 Å². The molecule has 0 unspecified atom stereocenters. The van der Waals surface area contributed by atoms with Crippen molar-refractivity contribution in [2.24, 2.45) is 0 Å². The van der Waals surface area contributed by atoms with Crippen molar-refractivity contribution >= 4 is 12.1 Å². The highest BCUT2D eigenvalue weighted by Gasteiger charge is 2.39. The maximum atomic E-state index is 12.3. The molecule has 0 N–H and O–H groups in total. The van der Waals surface area contributed by atoms with Gasteiger partial charge in [0.1, 0.15) is 11.6 Å². The molecular formula is C14H26N2O4. The van der Waals surface area contributed by atoms with Gasteiger partial charge in [0, 0.05) is 12.6 Å². The Kier molecular flexibility index (Phi) is 5.39. The number of nitrogens with zero attached hydrogens (tertiary/aromatic N) is 2. The first-order valence-electron chi connectivity index (χ1n) is 6.89. The second kappa shape index (κ2) is 6.43. The van der Waals surface area contributed by atoms with E-state index in [1.54, 1.807) is 0 Å². The van der Waals surface area contributed by atoms with Gasteiger partial charge in [0.15, 0.2) is 0 Å². The SMILES string of the molecule is COC(=O)[C@@H]1CC[C@@H](N(C)C)CN1C(=O)OC(C)(C)C. The number of hydrogen-bond donors (Lipinski definition) is 0. The number of hydrogen-bond acceptors (Lipinski definition) is 5. The quantitative estimate of drug-likeness (QED) is 0.720. The molecule has 0 aromatic heterocycles. The van der Waals surface area contributed by atoms with Gasteiger partial charge in [-0.2, -0.15) is 0 Å². The Balaban J connectivity index is 2.86.